The fourth-order valence-corrected chi connectivity index (χ4v) is 2.25. The first kappa shape index (κ1) is 14.7. The van der Waals surface area contributed by atoms with Crippen molar-refractivity contribution in [2.45, 2.75) is 12.5 Å². The molecule has 6 heteroatoms. The van der Waals surface area contributed by atoms with E-state index in [2.05, 4.69) is 49.8 Å². The quantitative estimate of drug-likeness (QED) is 0.589. The van der Waals surface area contributed by atoms with Gasteiger partial charge in [-0.3, -0.25) is 4.98 Å². The molecule has 0 amide bonds. The molecule has 3 rings (SSSR count). The van der Waals surface area contributed by atoms with Gasteiger partial charge in [-0.2, -0.15) is 0 Å². The average molecular weight is 277 g/mol. The fraction of sp³-hybridized carbons (Fsp3) is 0.357. The molecule has 0 aliphatic carbocycles. The van der Waals surface area contributed by atoms with Crippen LogP contribution in [0.4, 0.5) is 5.69 Å². The van der Waals surface area contributed by atoms with E-state index in [-0.39, 0.29) is 0 Å². The van der Waals surface area contributed by atoms with E-state index in [1.807, 2.05) is 12.4 Å². The molecule has 2 aromatic rings. The van der Waals surface area contributed by atoms with Crippen molar-refractivity contribution in [2.75, 3.05) is 25.5 Å². The third kappa shape index (κ3) is 3.88. The van der Waals surface area contributed by atoms with Crippen LogP contribution in [0, 0.1) is 0 Å². The maximum Gasteiger partial charge on any atom is 0.0744 e. The highest BCUT2D eigenvalue weighted by atomic mass is 17.5. The third-order valence-electron chi connectivity index (χ3n) is 3.18. The molecule has 0 saturated carbocycles. The molecule has 0 spiro atoms. The fourth-order valence-electron chi connectivity index (χ4n) is 2.25. The topological polar surface area (TPSA) is 75.6 Å². The summed E-state index contributed by atoms with van der Waals surface area (Å²) >= 11 is 0. The Labute approximate surface area is 117 Å². The van der Waals surface area contributed by atoms with E-state index < -0.39 is 0 Å². The summed E-state index contributed by atoms with van der Waals surface area (Å²) in [6.45, 7) is 2.17. The SMILES string of the molecule is COOO.c1cc(N[C@@H]2CCNC2)c2ccncc2c1. The van der Waals surface area contributed by atoms with Crippen molar-refractivity contribution in [2.24, 2.45) is 0 Å². The summed E-state index contributed by atoms with van der Waals surface area (Å²) in [7, 11) is 1.21. The summed E-state index contributed by atoms with van der Waals surface area (Å²) in [5.41, 5.74) is 1.22. The molecule has 1 aliphatic rings. The number of hydrogen-bond donors (Lipinski definition) is 3. The molecule has 6 nitrogen and oxygen atoms in total. The maximum absolute atomic E-state index is 7.15. The van der Waals surface area contributed by atoms with Crippen molar-refractivity contribution in [3.63, 3.8) is 0 Å². The van der Waals surface area contributed by atoms with Gasteiger partial charge in [0.05, 0.1) is 7.11 Å². The van der Waals surface area contributed by atoms with Crippen molar-refractivity contribution in [1.29, 1.82) is 0 Å². The lowest BCUT2D eigenvalue weighted by Gasteiger charge is -2.14. The van der Waals surface area contributed by atoms with Crippen LogP contribution in [0.15, 0.2) is 36.7 Å². The molecular formula is C14H19N3O3. The van der Waals surface area contributed by atoms with E-state index in [0.29, 0.717) is 6.04 Å². The minimum atomic E-state index is 0.554. The zero-order valence-electron chi connectivity index (χ0n) is 11.4. The second-order valence-corrected chi connectivity index (χ2v) is 4.48. The molecule has 3 N–H and O–H groups in total. The second-order valence-electron chi connectivity index (χ2n) is 4.48. The molecule has 1 aliphatic heterocycles. The normalized spacial score (nSPS) is 17.6. The molecule has 1 fully saturated rings. The molecule has 2 heterocycles. The highest BCUT2D eigenvalue weighted by Gasteiger charge is 2.14. The van der Waals surface area contributed by atoms with Crippen LogP contribution in [0.5, 0.6) is 0 Å². The van der Waals surface area contributed by atoms with E-state index in [1.165, 1.54) is 30.0 Å². The summed E-state index contributed by atoms with van der Waals surface area (Å²) in [5, 5.41) is 19.6. The van der Waals surface area contributed by atoms with Crippen molar-refractivity contribution in [3.8, 4) is 0 Å². The van der Waals surface area contributed by atoms with Crippen LogP contribution >= 0.6 is 0 Å². The van der Waals surface area contributed by atoms with Gasteiger partial charge in [0.15, 0.2) is 0 Å². The second kappa shape index (κ2) is 7.76. The largest absolute Gasteiger partial charge is 0.380 e. The van der Waals surface area contributed by atoms with Crippen molar-refractivity contribution in [3.05, 3.63) is 36.7 Å². The van der Waals surface area contributed by atoms with Crippen molar-refractivity contribution >= 4 is 16.5 Å². The van der Waals surface area contributed by atoms with Crippen LogP contribution in [0.3, 0.4) is 0 Å². The molecule has 1 saturated heterocycles. The van der Waals surface area contributed by atoms with Crippen LogP contribution in [0.2, 0.25) is 0 Å². The Morgan fingerprint density at radius 1 is 1.40 bits per heavy atom. The highest BCUT2D eigenvalue weighted by Crippen LogP contribution is 2.23. The van der Waals surface area contributed by atoms with Gasteiger partial charge >= 0.3 is 0 Å². The molecule has 0 unspecified atom stereocenters. The standard InChI is InChI=1S/C13H15N3.CH4O3/c1-2-10-8-14-7-5-12(10)13(3-1)16-11-4-6-15-9-11;1-3-4-2/h1-3,5,7-8,11,15-16H,4,6,9H2;2H,1H3/t11-;/m1./s1. The zero-order chi connectivity index (χ0) is 14.2. The number of fused-ring (bicyclic) bond motifs is 1. The third-order valence-corrected chi connectivity index (χ3v) is 3.18. The molecule has 20 heavy (non-hydrogen) atoms. The minimum Gasteiger partial charge on any atom is -0.380 e. The highest BCUT2D eigenvalue weighted by molar-refractivity contribution is 5.93. The van der Waals surface area contributed by atoms with E-state index in [9.17, 15) is 0 Å². The number of anilines is 1. The molecule has 1 aromatic carbocycles. The van der Waals surface area contributed by atoms with Gasteiger partial charge < -0.3 is 10.6 Å². The van der Waals surface area contributed by atoms with E-state index in [1.54, 1.807) is 0 Å². The summed E-state index contributed by atoms with van der Waals surface area (Å²) in [6, 6.07) is 8.94. The number of hydrogen-bond acceptors (Lipinski definition) is 6. The van der Waals surface area contributed by atoms with Gasteiger partial charge in [0.2, 0.25) is 0 Å². The first-order valence-electron chi connectivity index (χ1n) is 6.49. The number of nitrogens with one attached hydrogen (secondary N) is 2. The Morgan fingerprint density at radius 3 is 2.95 bits per heavy atom. The maximum atomic E-state index is 7.15. The Hall–Kier alpha value is -1.73. The van der Waals surface area contributed by atoms with Gasteiger partial charge in [0.25, 0.3) is 0 Å². The first-order valence-corrected chi connectivity index (χ1v) is 6.49. The lowest BCUT2D eigenvalue weighted by Crippen LogP contribution is -2.22. The molecule has 1 atom stereocenters. The zero-order valence-corrected chi connectivity index (χ0v) is 11.4. The van der Waals surface area contributed by atoms with Crippen LogP contribution in [0.1, 0.15) is 6.42 Å². The Kier molecular flexibility index (Phi) is 5.69. The minimum absolute atomic E-state index is 0.554. The van der Waals surface area contributed by atoms with E-state index in [0.717, 1.165) is 13.1 Å². The predicted octanol–water partition coefficient (Wildman–Crippen LogP) is 2.05. The van der Waals surface area contributed by atoms with Crippen LogP contribution in [-0.2, 0) is 9.93 Å². The Bertz CT molecular complexity index is 523. The van der Waals surface area contributed by atoms with E-state index >= 15 is 0 Å². The Morgan fingerprint density at radius 2 is 2.25 bits per heavy atom. The number of nitrogens with zero attached hydrogens (tertiary/aromatic N) is 1. The van der Waals surface area contributed by atoms with Gasteiger partial charge in [-0.1, -0.05) is 17.2 Å². The van der Waals surface area contributed by atoms with Gasteiger partial charge in [-0.15, -0.1) is 0 Å². The monoisotopic (exact) mass is 277 g/mol. The number of rotatable bonds is 3. The molecule has 108 valence electrons. The smallest absolute Gasteiger partial charge is 0.0744 e. The number of pyridine rings is 1. The number of aromatic nitrogens is 1. The van der Waals surface area contributed by atoms with Crippen molar-refractivity contribution < 1.29 is 15.2 Å². The average Bonchev–Trinajstić information content (AvgIpc) is 3.01. The molecule has 0 bridgehead atoms. The lowest BCUT2D eigenvalue weighted by molar-refractivity contribution is -0.479. The van der Waals surface area contributed by atoms with Crippen LogP contribution < -0.4 is 10.6 Å². The summed E-state index contributed by atoms with van der Waals surface area (Å²) < 4.78 is 0. The number of benzene rings is 1. The summed E-state index contributed by atoms with van der Waals surface area (Å²) in [4.78, 5) is 7.74. The predicted molar refractivity (Wildman–Crippen MR) is 77.4 cm³/mol. The lowest BCUT2D eigenvalue weighted by atomic mass is 10.1. The van der Waals surface area contributed by atoms with Crippen LogP contribution in [-0.4, -0.2) is 36.5 Å². The van der Waals surface area contributed by atoms with E-state index in [4.69, 9.17) is 5.26 Å². The van der Waals surface area contributed by atoms with Gasteiger partial charge in [0, 0.05) is 41.4 Å². The van der Waals surface area contributed by atoms with Crippen molar-refractivity contribution in [1.82, 2.24) is 10.3 Å². The first-order chi connectivity index (χ1) is 9.85. The molecular weight excluding hydrogens is 258 g/mol. The Balaban J connectivity index is 0.000000328. The summed E-state index contributed by atoms with van der Waals surface area (Å²) in [5.74, 6) is 0. The molecule has 1 aromatic heterocycles. The van der Waals surface area contributed by atoms with Gasteiger partial charge in [-0.25, -0.2) is 10.1 Å². The van der Waals surface area contributed by atoms with Gasteiger partial charge in [0.1, 0.15) is 0 Å². The van der Waals surface area contributed by atoms with Crippen LogP contribution in [0.25, 0.3) is 10.8 Å². The van der Waals surface area contributed by atoms with Gasteiger partial charge in [-0.05, 0) is 25.1 Å². The molecule has 0 radical (unpaired) electrons. The summed E-state index contributed by atoms with van der Waals surface area (Å²) in [6.07, 6.45) is 4.95.